The second-order valence-corrected chi connectivity index (χ2v) is 11.4. The molecule has 1 aromatic rings. The zero-order chi connectivity index (χ0) is 23.7. The molecule has 1 aromatic carbocycles. The number of nitrogens with zero attached hydrogens (tertiary/aromatic N) is 1. The third-order valence-electron chi connectivity index (χ3n) is 9.08. The van der Waals surface area contributed by atoms with Gasteiger partial charge in [0.2, 0.25) is 5.91 Å². The first-order chi connectivity index (χ1) is 16.3. The van der Waals surface area contributed by atoms with E-state index < -0.39 is 17.5 Å². The molecule has 5 fully saturated rings. The fraction of sp³-hybridized carbons (Fsp3) is 0.654. The van der Waals surface area contributed by atoms with Gasteiger partial charge in [-0.1, -0.05) is 6.07 Å². The number of imide groups is 1. The molecule has 4 aliphatic carbocycles. The number of fused-ring (bicyclic) bond motifs is 1. The molecule has 6 aliphatic rings. The average Bonchev–Trinajstić information content (AvgIpc) is 3.01. The van der Waals surface area contributed by atoms with Crippen LogP contribution >= 0.6 is 0 Å². The van der Waals surface area contributed by atoms with Crippen LogP contribution in [0.3, 0.4) is 0 Å². The zero-order valence-corrected chi connectivity index (χ0v) is 19.9. The number of hydrogen-bond acceptors (Lipinski definition) is 5. The van der Waals surface area contributed by atoms with E-state index in [4.69, 9.17) is 9.47 Å². The standard InChI is InChI=1S/C26H33N3O5/c1-15(26-11-16-7-17(12-26)9-18(8-16)13-26)27-22(30)14-29-23(31)25(2,28-24(29)32)19-3-4-20-21(10-19)34-6-5-33-20/h3-4,10,15-18H,5-9,11-14H2,1-2H3,(H,27,30)(H,28,32). The molecule has 2 heterocycles. The molecule has 1 saturated heterocycles. The molecule has 8 nitrogen and oxygen atoms in total. The highest BCUT2D eigenvalue weighted by Crippen LogP contribution is 2.61. The van der Waals surface area contributed by atoms with Crippen molar-refractivity contribution < 1.29 is 23.9 Å². The van der Waals surface area contributed by atoms with Gasteiger partial charge in [-0.05, 0) is 93.2 Å². The SMILES string of the molecule is CC(NC(=O)CN1C(=O)NC(C)(c2ccc3c(c2)OCCO3)C1=O)C12CC3CC(CC(C3)C1)C2. The Hall–Kier alpha value is -2.77. The Morgan fingerprint density at radius 3 is 2.35 bits per heavy atom. The zero-order valence-electron chi connectivity index (χ0n) is 19.9. The van der Waals surface area contributed by atoms with E-state index in [2.05, 4.69) is 17.6 Å². The van der Waals surface area contributed by atoms with Crippen molar-refractivity contribution in [2.75, 3.05) is 19.8 Å². The number of hydrogen-bond donors (Lipinski definition) is 2. The molecule has 34 heavy (non-hydrogen) atoms. The molecule has 2 atom stereocenters. The Balaban J connectivity index is 1.14. The van der Waals surface area contributed by atoms with Crippen LogP contribution in [0.2, 0.25) is 0 Å². The molecular weight excluding hydrogens is 434 g/mol. The molecule has 8 heteroatoms. The third-order valence-corrected chi connectivity index (χ3v) is 9.08. The normalized spacial score (nSPS) is 36.4. The van der Waals surface area contributed by atoms with Crippen molar-refractivity contribution in [3.63, 3.8) is 0 Å². The van der Waals surface area contributed by atoms with E-state index in [-0.39, 0.29) is 23.9 Å². The Morgan fingerprint density at radius 1 is 1.09 bits per heavy atom. The van der Waals surface area contributed by atoms with E-state index in [1.54, 1.807) is 25.1 Å². The van der Waals surface area contributed by atoms with Crippen LogP contribution < -0.4 is 20.1 Å². The molecule has 4 amide bonds. The van der Waals surface area contributed by atoms with Crippen molar-refractivity contribution in [2.45, 2.75) is 64.0 Å². The van der Waals surface area contributed by atoms with Crippen LogP contribution in [0, 0.1) is 23.2 Å². The van der Waals surface area contributed by atoms with Crippen LogP contribution in [0.4, 0.5) is 4.79 Å². The molecule has 4 saturated carbocycles. The van der Waals surface area contributed by atoms with Gasteiger partial charge in [0.05, 0.1) is 0 Å². The van der Waals surface area contributed by atoms with E-state index in [1.807, 2.05) is 0 Å². The van der Waals surface area contributed by atoms with Gasteiger partial charge in [0.25, 0.3) is 5.91 Å². The third kappa shape index (κ3) is 3.36. The summed E-state index contributed by atoms with van der Waals surface area (Å²) in [5.41, 5.74) is -0.500. The highest BCUT2D eigenvalue weighted by Gasteiger charge is 2.54. The summed E-state index contributed by atoms with van der Waals surface area (Å²) in [5, 5.41) is 5.95. The molecule has 2 aliphatic heterocycles. The Labute approximate surface area is 199 Å². The summed E-state index contributed by atoms with van der Waals surface area (Å²) in [7, 11) is 0. The minimum Gasteiger partial charge on any atom is -0.486 e. The van der Waals surface area contributed by atoms with E-state index in [9.17, 15) is 14.4 Å². The smallest absolute Gasteiger partial charge is 0.325 e. The molecule has 2 unspecified atom stereocenters. The number of nitrogens with one attached hydrogen (secondary N) is 2. The van der Waals surface area contributed by atoms with Gasteiger partial charge in [0.15, 0.2) is 11.5 Å². The van der Waals surface area contributed by atoms with Gasteiger partial charge in [-0.15, -0.1) is 0 Å². The summed E-state index contributed by atoms with van der Waals surface area (Å²) < 4.78 is 11.2. The first-order valence-electron chi connectivity index (χ1n) is 12.6. The van der Waals surface area contributed by atoms with Gasteiger partial charge in [0, 0.05) is 6.04 Å². The Bertz CT molecular complexity index is 1020. The molecule has 0 radical (unpaired) electrons. The molecule has 0 aromatic heterocycles. The Kier molecular flexibility index (Phi) is 4.87. The van der Waals surface area contributed by atoms with Gasteiger partial charge in [-0.25, -0.2) is 4.79 Å². The summed E-state index contributed by atoms with van der Waals surface area (Å²) in [6.07, 6.45) is 7.60. The summed E-state index contributed by atoms with van der Waals surface area (Å²) in [6.45, 7) is 4.40. The van der Waals surface area contributed by atoms with Crippen molar-refractivity contribution in [1.82, 2.24) is 15.5 Å². The molecule has 182 valence electrons. The van der Waals surface area contributed by atoms with E-state index in [1.165, 1.54) is 38.5 Å². The molecular formula is C26H33N3O5. The lowest BCUT2D eigenvalue weighted by Gasteiger charge is -2.59. The van der Waals surface area contributed by atoms with Gasteiger partial charge >= 0.3 is 6.03 Å². The maximum atomic E-state index is 13.3. The van der Waals surface area contributed by atoms with Crippen molar-refractivity contribution in [1.29, 1.82) is 0 Å². The van der Waals surface area contributed by atoms with Crippen LogP contribution in [0.25, 0.3) is 0 Å². The van der Waals surface area contributed by atoms with Gasteiger partial charge < -0.3 is 20.1 Å². The highest BCUT2D eigenvalue weighted by atomic mass is 16.6. The van der Waals surface area contributed by atoms with E-state index in [0.29, 0.717) is 30.3 Å². The predicted molar refractivity (Wildman–Crippen MR) is 123 cm³/mol. The quantitative estimate of drug-likeness (QED) is 0.649. The number of carbonyl (C=O) groups is 3. The summed E-state index contributed by atoms with van der Waals surface area (Å²) >= 11 is 0. The van der Waals surface area contributed by atoms with Crippen molar-refractivity contribution in [2.24, 2.45) is 23.2 Å². The monoisotopic (exact) mass is 467 g/mol. The van der Waals surface area contributed by atoms with E-state index in [0.717, 1.165) is 22.7 Å². The molecule has 7 rings (SSSR count). The fourth-order valence-corrected chi connectivity index (χ4v) is 7.68. The minimum atomic E-state index is -1.27. The maximum Gasteiger partial charge on any atom is 0.325 e. The number of urea groups is 1. The van der Waals surface area contributed by atoms with Gasteiger partial charge in [-0.2, -0.15) is 0 Å². The fourth-order valence-electron chi connectivity index (χ4n) is 7.68. The number of ether oxygens (including phenoxy) is 2. The summed E-state index contributed by atoms with van der Waals surface area (Å²) in [4.78, 5) is 40.1. The number of carbonyl (C=O) groups excluding carboxylic acids is 3. The lowest BCUT2D eigenvalue weighted by atomic mass is 9.48. The number of benzene rings is 1. The average molecular weight is 468 g/mol. The molecule has 4 bridgehead atoms. The lowest BCUT2D eigenvalue weighted by Crippen LogP contribution is -2.57. The summed E-state index contributed by atoms with van der Waals surface area (Å²) in [5.74, 6) is 2.83. The van der Waals surface area contributed by atoms with E-state index >= 15 is 0 Å². The predicted octanol–water partition coefficient (Wildman–Crippen LogP) is 2.95. The first kappa shape index (κ1) is 21.7. The van der Waals surface area contributed by atoms with Crippen molar-refractivity contribution >= 4 is 17.8 Å². The molecule has 2 N–H and O–H groups in total. The first-order valence-corrected chi connectivity index (χ1v) is 12.6. The second-order valence-electron chi connectivity index (χ2n) is 11.4. The van der Waals surface area contributed by atoms with Crippen molar-refractivity contribution in [3.8, 4) is 11.5 Å². The summed E-state index contributed by atoms with van der Waals surface area (Å²) in [6, 6.07) is 4.71. The van der Waals surface area contributed by atoms with Crippen LogP contribution in [0.15, 0.2) is 18.2 Å². The maximum absolute atomic E-state index is 13.3. The second kappa shape index (κ2) is 7.62. The minimum absolute atomic E-state index is 0.0401. The van der Waals surface area contributed by atoms with Crippen LogP contribution in [0.5, 0.6) is 11.5 Å². The topological polar surface area (TPSA) is 97.0 Å². The van der Waals surface area contributed by atoms with Crippen LogP contribution in [-0.4, -0.2) is 48.5 Å². The Morgan fingerprint density at radius 2 is 1.71 bits per heavy atom. The van der Waals surface area contributed by atoms with Crippen molar-refractivity contribution in [3.05, 3.63) is 23.8 Å². The molecule has 0 spiro atoms. The largest absolute Gasteiger partial charge is 0.486 e. The lowest BCUT2D eigenvalue weighted by molar-refractivity contribution is -0.136. The van der Waals surface area contributed by atoms with Crippen LogP contribution in [0.1, 0.15) is 57.9 Å². The van der Waals surface area contributed by atoms with Gasteiger partial charge in [0.1, 0.15) is 25.3 Å². The van der Waals surface area contributed by atoms with Crippen LogP contribution in [-0.2, 0) is 15.1 Å². The highest BCUT2D eigenvalue weighted by molar-refractivity contribution is 6.09. The van der Waals surface area contributed by atoms with Gasteiger partial charge in [-0.3, -0.25) is 14.5 Å². The number of rotatable bonds is 5. The number of amides is 4.